The molecule has 422 valence electrons. The molecule has 3 aromatic rings. The number of piperidine rings is 1. The number of hydrogen-bond acceptors (Lipinski definition) is 14. The Labute approximate surface area is 462 Å². The number of benzene rings is 2. The lowest BCUT2D eigenvalue weighted by Crippen LogP contribution is -2.46. The van der Waals surface area contributed by atoms with Crippen molar-refractivity contribution in [3.8, 4) is 0 Å². The van der Waals surface area contributed by atoms with E-state index in [-0.39, 0.29) is 111 Å². The van der Waals surface area contributed by atoms with Gasteiger partial charge in [-0.15, -0.1) is 0 Å². The number of amidine groups is 1. The molecule has 20 heteroatoms. The van der Waals surface area contributed by atoms with Crippen LogP contribution < -0.4 is 32.3 Å². The molecule has 7 amide bonds. The number of nitrogens with zero attached hydrogens (tertiary/aromatic N) is 5. The zero-order chi connectivity index (χ0) is 57.0. The molecule has 79 heavy (non-hydrogen) atoms. The van der Waals surface area contributed by atoms with Crippen LogP contribution in [0.4, 0.5) is 22.0 Å². The number of carbonyl (C=O) groups is 9. The van der Waals surface area contributed by atoms with Gasteiger partial charge in [0.25, 0.3) is 17.7 Å². The van der Waals surface area contributed by atoms with Gasteiger partial charge in [-0.3, -0.25) is 43.3 Å². The third kappa shape index (κ3) is 18.3. The standard InChI is InChI=1S/C59H76N10O10/c1-5-26-67(6-2)58(77)44-32-42-17-18-43(33-49(42)65-51(60)34-44)56(75)64-45-19-20-52(63-36-45)68-28-23-40(24-29-68)31-55(74)79-37-41-15-13-39(14-16-41)30-50(71)48(12-10-25-62-59(61)78)66-57(76)47(38(3)4)35-46(70)11-8-7-9-27-69-53(72)21-22-54(69)73/h13-22,32-33,36,38,40,47-48H,5-12,23-31,34-35,37H2,1-4H3,(H2,60,65)(H,64,75)(H,66,76)(H3,61,62,78)/t47-,48-/m0/s1. The Hall–Kier alpha value is -8.03. The Morgan fingerprint density at radius 3 is 2.27 bits per heavy atom. The Morgan fingerprint density at radius 1 is 0.886 bits per heavy atom. The fourth-order valence-corrected chi connectivity index (χ4v) is 9.81. The molecule has 2 atom stereocenters. The van der Waals surface area contributed by atoms with Crippen LogP contribution in [0.15, 0.2) is 83.5 Å². The van der Waals surface area contributed by atoms with Crippen molar-refractivity contribution in [3.05, 3.63) is 101 Å². The van der Waals surface area contributed by atoms with E-state index < -0.39 is 23.9 Å². The lowest BCUT2D eigenvalue weighted by Gasteiger charge is -2.32. The number of ketones is 2. The molecule has 2 aromatic carbocycles. The molecule has 0 radical (unpaired) electrons. The van der Waals surface area contributed by atoms with Crippen LogP contribution in [0.1, 0.15) is 132 Å². The maximum absolute atomic E-state index is 13.8. The largest absolute Gasteiger partial charge is 0.461 e. The normalized spacial score (nSPS) is 15.1. The molecule has 3 aliphatic rings. The van der Waals surface area contributed by atoms with Crippen LogP contribution in [0.3, 0.4) is 0 Å². The van der Waals surface area contributed by atoms with Crippen molar-refractivity contribution in [2.24, 2.45) is 34.2 Å². The summed E-state index contributed by atoms with van der Waals surface area (Å²) in [6.07, 6.45) is 11.3. The number of amides is 7. The van der Waals surface area contributed by atoms with Gasteiger partial charge in [-0.2, -0.15) is 0 Å². The quantitative estimate of drug-likeness (QED) is 0.0283. The van der Waals surface area contributed by atoms with Gasteiger partial charge in [-0.25, -0.2) is 14.8 Å². The summed E-state index contributed by atoms with van der Waals surface area (Å²) in [5, 5.41) is 8.31. The molecule has 0 unspecified atom stereocenters. The van der Waals surface area contributed by atoms with E-state index in [0.29, 0.717) is 91.3 Å². The topological polar surface area (TPSA) is 286 Å². The van der Waals surface area contributed by atoms with E-state index in [4.69, 9.17) is 16.2 Å². The van der Waals surface area contributed by atoms with Gasteiger partial charge < -0.3 is 42.0 Å². The van der Waals surface area contributed by atoms with Crippen molar-refractivity contribution >= 4 is 82.2 Å². The number of fused-ring (bicyclic) bond motifs is 1. The minimum atomic E-state index is -0.890. The number of imide groups is 1. The molecule has 1 aromatic heterocycles. The average molecular weight is 1090 g/mol. The maximum atomic E-state index is 13.8. The van der Waals surface area contributed by atoms with E-state index >= 15 is 0 Å². The fourth-order valence-electron chi connectivity index (χ4n) is 9.81. The number of carbonyl (C=O) groups excluding carboxylic acids is 9. The highest BCUT2D eigenvalue weighted by atomic mass is 16.5. The number of pyridine rings is 1. The van der Waals surface area contributed by atoms with E-state index in [1.54, 1.807) is 65.7 Å². The number of nitrogens with two attached hydrogens (primary N) is 2. The van der Waals surface area contributed by atoms with Crippen molar-refractivity contribution in [2.75, 3.05) is 49.5 Å². The summed E-state index contributed by atoms with van der Waals surface area (Å²) in [4.78, 5) is 129. The van der Waals surface area contributed by atoms with E-state index in [1.165, 1.54) is 17.1 Å². The fraction of sp³-hybridized carbons (Fsp3) is 0.475. The summed E-state index contributed by atoms with van der Waals surface area (Å²) >= 11 is 0. The van der Waals surface area contributed by atoms with Crippen LogP contribution in [-0.4, -0.2) is 119 Å². The van der Waals surface area contributed by atoms with E-state index in [9.17, 15) is 43.2 Å². The van der Waals surface area contributed by atoms with Crippen LogP contribution in [0, 0.1) is 17.8 Å². The van der Waals surface area contributed by atoms with E-state index in [0.717, 1.165) is 30.6 Å². The van der Waals surface area contributed by atoms with Crippen molar-refractivity contribution in [1.82, 2.24) is 25.4 Å². The molecule has 20 nitrogen and oxygen atoms in total. The number of unbranched alkanes of at least 4 members (excludes halogenated alkanes) is 2. The monoisotopic (exact) mass is 1080 g/mol. The average Bonchev–Trinajstić information content (AvgIpc) is 3.66. The van der Waals surface area contributed by atoms with E-state index in [2.05, 4.69) is 30.8 Å². The second-order valence-corrected chi connectivity index (χ2v) is 20.8. The van der Waals surface area contributed by atoms with Gasteiger partial charge in [-0.1, -0.05) is 57.5 Å². The van der Waals surface area contributed by atoms with Gasteiger partial charge in [0.05, 0.1) is 23.6 Å². The number of urea groups is 1. The predicted molar refractivity (Wildman–Crippen MR) is 301 cm³/mol. The number of rotatable bonds is 29. The molecule has 1 saturated heterocycles. The second kappa shape index (κ2) is 29.6. The Balaban J connectivity index is 0.919. The lowest BCUT2D eigenvalue weighted by molar-refractivity contribution is -0.146. The first-order chi connectivity index (χ1) is 37.9. The second-order valence-electron chi connectivity index (χ2n) is 20.8. The molecule has 0 aliphatic carbocycles. The summed E-state index contributed by atoms with van der Waals surface area (Å²) in [5.41, 5.74) is 15.6. The summed E-state index contributed by atoms with van der Waals surface area (Å²) < 4.78 is 5.66. The summed E-state index contributed by atoms with van der Waals surface area (Å²) in [5.74, 6) is -1.84. The van der Waals surface area contributed by atoms with Crippen LogP contribution in [0.25, 0.3) is 6.08 Å². The van der Waals surface area contributed by atoms with Gasteiger partial charge in [0.2, 0.25) is 11.8 Å². The van der Waals surface area contributed by atoms with Gasteiger partial charge >= 0.3 is 12.0 Å². The van der Waals surface area contributed by atoms with Crippen molar-refractivity contribution in [1.29, 1.82) is 0 Å². The van der Waals surface area contributed by atoms with Gasteiger partial charge in [0.1, 0.15) is 24.0 Å². The Bertz CT molecular complexity index is 2760. The van der Waals surface area contributed by atoms with Crippen LogP contribution in [0.5, 0.6) is 0 Å². The minimum Gasteiger partial charge on any atom is -0.461 e. The molecule has 3 aliphatic heterocycles. The molecular weight excluding hydrogens is 1010 g/mol. The first-order valence-corrected chi connectivity index (χ1v) is 27.6. The molecular formula is C59H76N10O10. The molecule has 1 fully saturated rings. The number of aliphatic imine (C=N–C) groups is 1. The van der Waals surface area contributed by atoms with Gasteiger partial charge in [-0.05, 0) is 105 Å². The maximum Gasteiger partial charge on any atom is 0.312 e. The molecule has 0 bridgehead atoms. The highest BCUT2D eigenvalue weighted by Crippen LogP contribution is 2.30. The summed E-state index contributed by atoms with van der Waals surface area (Å²) in [6.45, 7) is 10.8. The van der Waals surface area contributed by atoms with Crippen molar-refractivity contribution in [3.63, 3.8) is 0 Å². The smallest absolute Gasteiger partial charge is 0.312 e. The number of nitrogens with one attached hydrogen (secondary N) is 3. The number of aromatic nitrogens is 1. The number of esters is 1. The third-order valence-corrected chi connectivity index (χ3v) is 14.4. The first-order valence-electron chi connectivity index (χ1n) is 27.6. The molecule has 6 rings (SSSR count). The molecule has 0 spiro atoms. The number of anilines is 2. The molecule has 7 N–H and O–H groups in total. The number of likely N-dealkylation sites (N-methyl/N-ethyl adjacent to an activating group) is 1. The SMILES string of the molecule is CCCN(CC)C(=O)C1=Cc2ccc(C(=O)Nc3ccc(N4CCC(CC(=O)OCc5ccc(CC(=O)[C@H](CCCNC(N)=O)NC(=O)[C@@H](CC(=O)CCCCCN6C(=O)C=CC6=O)C(C)C)cc5)CC4)nc3)cc2N=C(N)C1. The predicted octanol–water partition coefficient (Wildman–Crippen LogP) is 6.48. The highest BCUT2D eigenvalue weighted by molar-refractivity contribution is 6.13. The van der Waals surface area contributed by atoms with Gasteiger partial charge in [0.15, 0.2) is 5.78 Å². The van der Waals surface area contributed by atoms with Crippen LogP contribution in [-0.2, 0) is 51.3 Å². The number of primary amides is 1. The number of Topliss-reactive ketones (excluding diaryl/α,β-unsaturated/α-hetero) is 2. The Morgan fingerprint density at radius 2 is 1.61 bits per heavy atom. The lowest BCUT2D eigenvalue weighted by atomic mass is 9.88. The van der Waals surface area contributed by atoms with Crippen LogP contribution in [0.2, 0.25) is 0 Å². The first kappa shape index (κ1) is 60.2. The molecule has 4 heterocycles. The number of ether oxygens (including phenoxy) is 1. The highest BCUT2D eigenvalue weighted by Gasteiger charge is 2.30. The summed E-state index contributed by atoms with van der Waals surface area (Å²) in [7, 11) is 0. The van der Waals surface area contributed by atoms with Crippen molar-refractivity contribution in [2.45, 2.75) is 124 Å². The number of hydrogen-bond donors (Lipinski definition) is 5. The van der Waals surface area contributed by atoms with Crippen LogP contribution >= 0.6 is 0 Å². The third-order valence-electron chi connectivity index (χ3n) is 14.4. The molecule has 0 saturated carbocycles. The zero-order valence-electron chi connectivity index (χ0n) is 45.9. The zero-order valence-corrected chi connectivity index (χ0v) is 45.9. The van der Waals surface area contributed by atoms with Crippen molar-refractivity contribution < 1.29 is 47.9 Å². The van der Waals surface area contributed by atoms with E-state index in [1.807, 2.05) is 33.8 Å². The van der Waals surface area contributed by atoms with Gasteiger partial charge in [0, 0.05) is 106 Å². The Kier molecular flexibility index (Phi) is 22.6. The minimum absolute atomic E-state index is 0.00178. The summed E-state index contributed by atoms with van der Waals surface area (Å²) in [6, 6.07) is 14.3.